The van der Waals surface area contributed by atoms with Crippen molar-refractivity contribution in [3.05, 3.63) is 6.61 Å². The quantitative estimate of drug-likeness (QED) is 0.204. The van der Waals surface area contributed by atoms with Crippen LogP contribution in [0, 0.1) is 6.61 Å². The minimum atomic E-state index is -0.246. The molecule has 0 amide bonds. The molecule has 4 heteroatoms. The average molecular weight is 370 g/mol. The Morgan fingerprint density at radius 3 is 1.73 bits per heavy atom. The van der Waals surface area contributed by atoms with Crippen molar-refractivity contribution in [3.63, 3.8) is 0 Å². The number of hydrogen-bond acceptors (Lipinski definition) is 4. The summed E-state index contributed by atoms with van der Waals surface area (Å²) in [6, 6.07) is 0. The molecule has 0 spiro atoms. The zero-order valence-corrected chi connectivity index (χ0v) is 17.4. The van der Waals surface area contributed by atoms with Gasteiger partial charge in [0, 0.05) is 19.3 Å². The summed E-state index contributed by atoms with van der Waals surface area (Å²) in [5.41, 5.74) is 0. The lowest BCUT2D eigenvalue weighted by atomic mass is 10.1. The van der Waals surface area contributed by atoms with Crippen molar-refractivity contribution < 1.29 is 19.1 Å². The van der Waals surface area contributed by atoms with E-state index < -0.39 is 0 Å². The minimum Gasteiger partial charge on any atom is -0.463 e. The van der Waals surface area contributed by atoms with Gasteiger partial charge in [0.2, 0.25) is 0 Å². The van der Waals surface area contributed by atoms with E-state index in [9.17, 15) is 9.59 Å². The van der Waals surface area contributed by atoms with E-state index in [2.05, 4.69) is 13.8 Å². The van der Waals surface area contributed by atoms with Crippen LogP contribution in [-0.2, 0) is 19.1 Å². The summed E-state index contributed by atoms with van der Waals surface area (Å²) in [5, 5.41) is 0. The molecule has 0 aliphatic carbocycles. The molecule has 0 heterocycles. The summed E-state index contributed by atoms with van der Waals surface area (Å²) in [7, 11) is 0. The zero-order valence-electron chi connectivity index (χ0n) is 17.4. The normalized spacial score (nSPS) is 12.0. The van der Waals surface area contributed by atoms with E-state index in [1.54, 1.807) is 0 Å². The van der Waals surface area contributed by atoms with Gasteiger partial charge in [-0.1, -0.05) is 78.1 Å². The van der Waals surface area contributed by atoms with E-state index >= 15 is 0 Å². The first kappa shape index (κ1) is 24.9. The first-order valence-electron chi connectivity index (χ1n) is 10.8. The molecule has 0 N–H and O–H groups in total. The fourth-order valence-corrected chi connectivity index (χ4v) is 2.77. The molecule has 0 rings (SSSR count). The van der Waals surface area contributed by atoms with E-state index in [1.165, 1.54) is 58.0 Å². The molecule has 1 radical (unpaired) electrons. The minimum absolute atomic E-state index is 0.153. The molecule has 0 aromatic carbocycles. The van der Waals surface area contributed by atoms with Gasteiger partial charge in [-0.2, -0.15) is 0 Å². The van der Waals surface area contributed by atoms with Gasteiger partial charge in [-0.15, -0.1) is 0 Å². The maximum atomic E-state index is 11.7. The first-order valence-corrected chi connectivity index (χ1v) is 10.8. The molecule has 1 unspecified atom stereocenters. The largest absolute Gasteiger partial charge is 0.463 e. The van der Waals surface area contributed by atoms with Crippen LogP contribution in [0.2, 0.25) is 0 Å². The Morgan fingerprint density at radius 1 is 0.731 bits per heavy atom. The fraction of sp³-hybridized carbons (Fsp3) is 0.864. The first-order chi connectivity index (χ1) is 12.6. The highest BCUT2D eigenvalue weighted by Crippen LogP contribution is 2.11. The summed E-state index contributed by atoms with van der Waals surface area (Å²) in [4.78, 5) is 23.4. The van der Waals surface area contributed by atoms with Gasteiger partial charge in [0.1, 0.15) is 12.7 Å². The SMILES string of the molecule is CCCCCCCCC(=O)O[CH]CC(C)OC(=O)CCCCCCCC. The van der Waals surface area contributed by atoms with Gasteiger partial charge in [0.15, 0.2) is 0 Å². The van der Waals surface area contributed by atoms with Crippen LogP contribution >= 0.6 is 0 Å². The molecule has 0 aromatic rings. The van der Waals surface area contributed by atoms with Crippen LogP contribution in [0.1, 0.15) is 117 Å². The Kier molecular flexibility index (Phi) is 18.0. The third-order valence-corrected chi connectivity index (χ3v) is 4.44. The highest BCUT2D eigenvalue weighted by molar-refractivity contribution is 5.70. The highest BCUT2D eigenvalue weighted by Gasteiger charge is 2.11. The van der Waals surface area contributed by atoms with Crippen molar-refractivity contribution in [2.24, 2.45) is 0 Å². The Bertz CT molecular complexity index is 341. The Balaban J connectivity index is 3.49. The van der Waals surface area contributed by atoms with Crippen LogP contribution in [0.5, 0.6) is 0 Å². The molecule has 0 bridgehead atoms. The second-order valence-electron chi connectivity index (χ2n) is 7.23. The van der Waals surface area contributed by atoms with Gasteiger partial charge in [-0.25, -0.2) is 0 Å². The second kappa shape index (κ2) is 18.7. The zero-order chi connectivity index (χ0) is 19.5. The topological polar surface area (TPSA) is 52.6 Å². The van der Waals surface area contributed by atoms with E-state index in [4.69, 9.17) is 9.47 Å². The van der Waals surface area contributed by atoms with E-state index in [0.717, 1.165) is 25.7 Å². The number of carbonyl (C=O) groups is 2. The maximum absolute atomic E-state index is 11.7. The molecule has 0 fully saturated rings. The Hall–Kier alpha value is -1.06. The third kappa shape index (κ3) is 17.8. The average Bonchev–Trinajstić information content (AvgIpc) is 2.61. The molecule has 153 valence electrons. The number of hydrogen-bond donors (Lipinski definition) is 0. The van der Waals surface area contributed by atoms with Crippen LogP contribution in [-0.4, -0.2) is 18.0 Å². The Morgan fingerprint density at radius 2 is 1.19 bits per heavy atom. The van der Waals surface area contributed by atoms with Gasteiger partial charge in [-0.05, 0) is 19.8 Å². The molecule has 0 aliphatic rings. The second-order valence-corrected chi connectivity index (χ2v) is 7.23. The number of rotatable bonds is 18. The lowest BCUT2D eigenvalue weighted by Crippen LogP contribution is -2.16. The lowest BCUT2D eigenvalue weighted by Gasteiger charge is -2.13. The van der Waals surface area contributed by atoms with Gasteiger partial charge in [0.05, 0.1) is 0 Å². The van der Waals surface area contributed by atoms with Crippen molar-refractivity contribution >= 4 is 11.9 Å². The summed E-state index contributed by atoms with van der Waals surface area (Å²) in [6.45, 7) is 7.70. The van der Waals surface area contributed by atoms with Crippen LogP contribution in [0.4, 0.5) is 0 Å². The lowest BCUT2D eigenvalue weighted by molar-refractivity contribution is -0.149. The van der Waals surface area contributed by atoms with Crippen LogP contribution in [0.25, 0.3) is 0 Å². The number of ether oxygens (including phenoxy) is 2. The van der Waals surface area contributed by atoms with Crippen LogP contribution < -0.4 is 0 Å². The predicted molar refractivity (Wildman–Crippen MR) is 107 cm³/mol. The summed E-state index contributed by atoms with van der Waals surface area (Å²) >= 11 is 0. The van der Waals surface area contributed by atoms with E-state index in [1.807, 2.05) is 6.92 Å². The van der Waals surface area contributed by atoms with Crippen molar-refractivity contribution in [2.45, 2.75) is 123 Å². The van der Waals surface area contributed by atoms with Crippen LogP contribution in [0.15, 0.2) is 0 Å². The van der Waals surface area contributed by atoms with Crippen molar-refractivity contribution in [2.75, 3.05) is 0 Å². The van der Waals surface area contributed by atoms with Gasteiger partial charge in [0.25, 0.3) is 0 Å². The summed E-state index contributed by atoms with van der Waals surface area (Å²) < 4.78 is 10.4. The molecular weight excluding hydrogens is 328 g/mol. The molecule has 0 saturated carbocycles. The predicted octanol–water partition coefficient (Wildman–Crippen LogP) is 6.51. The van der Waals surface area contributed by atoms with E-state index in [0.29, 0.717) is 19.3 Å². The molecular formula is C22H41O4. The molecule has 0 aromatic heterocycles. The van der Waals surface area contributed by atoms with Gasteiger partial charge >= 0.3 is 11.9 Å². The molecule has 0 saturated heterocycles. The summed E-state index contributed by atoms with van der Waals surface area (Å²) in [6.07, 6.45) is 15.0. The monoisotopic (exact) mass is 369 g/mol. The number of unbranched alkanes of at least 4 members (excludes halogenated alkanes) is 10. The standard InChI is InChI=1S/C22H41O4/c1-4-6-8-10-12-14-16-21(23)25-19-18-20(3)26-22(24)17-15-13-11-9-7-5-2/h19-20H,4-18H2,1-3H3. The molecule has 0 aliphatic heterocycles. The maximum Gasteiger partial charge on any atom is 0.306 e. The fourth-order valence-electron chi connectivity index (χ4n) is 2.77. The van der Waals surface area contributed by atoms with Gasteiger partial charge in [-0.3, -0.25) is 9.59 Å². The van der Waals surface area contributed by atoms with Crippen molar-refractivity contribution in [1.82, 2.24) is 0 Å². The Labute approximate surface area is 161 Å². The van der Waals surface area contributed by atoms with Crippen molar-refractivity contribution in [1.29, 1.82) is 0 Å². The van der Waals surface area contributed by atoms with Crippen molar-refractivity contribution in [3.8, 4) is 0 Å². The molecule has 4 nitrogen and oxygen atoms in total. The smallest absolute Gasteiger partial charge is 0.306 e. The van der Waals surface area contributed by atoms with E-state index in [-0.39, 0.29) is 18.0 Å². The molecule has 26 heavy (non-hydrogen) atoms. The van der Waals surface area contributed by atoms with Gasteiger partial charge < -0.3 is 9.47 Å². The third-order valence-electron chi connectivity index (χ3n) is 4.44. The highest BCUT2D eigenvalue weighted by atomic mass is 16.6. The van der Waals surface area contributed by atoms with Crippen LogP contribution in [0.3, 0.4) is 0 Å². The summed E-state index contributed by atoms with van der Waals surface area (Å²) in [5.74, 6) is -0.342. The molecule has 1 atom stereocenters. The number of esters is 2. The number of carbonyl (C=O) groups excluding carboxylic acids is 2.